The van der Waals surface area contributed by atoms with Gasteiger partial charge in [0, 0.05) is 27.4 Å². The normalized spacial score (nSPS) is 21.6. The Morgan fingerprint density at radius 3 is 2.67 bits per heavy atom. The Hall–Kier alpha value is -2.83. The van der Waals surface area contributed by atoms with Crippen molar-refractivity contribution in [1.29, 1.82) is 0 Å². The van der Waals surface area contributed by atoms with Crippen LogP contribution >= 0.6 is 11.6 Å². The maximum absolute atomic E-state index is 12.7. The molecule has 6 nitrogen and oxygen atoms in total. The third kappa shape index (κ3) is 3.16. The van der Waals surface area contributed by atoms with E-state index in [9.17, 15) is 9.59 Å². The molecule has 2 aromatic carbocycles. The number of nitrogens with one attached hydrogen (secondary N) is 1. The number of amides is 2. The number of nitrogens with two attached hydrogens (primary N) is 1. The number of anilines is 1. The lowest BCUT2D eigenvalue weighted by molar-refractivity contribution is -0.123. The number of carbonyl (C=O) groups excluding carboxylic acids is 2. The van der Waals surface area contributed by atoms with Crippen LogP contribution in [0.25, 0.3) is 11.3 Å². The summed E-state index contributed by atoms with van der Waals surface area (Å²) in [6, 6.07) is 10.7. The molecule has 2 aromatic rings. The third-order valence-corrected chi connectivity index (χ3v) is 6.28. The summed E-state index contributed by atoms with van der Waals surface area (Å²) in [5.74, 6) is -0.000676. The lowest BCUT2D eigenvalue weighted by Crippen LogP contribution is -2.40. The molecule has 0 spiro atoms. The summed E-state index contributed by atoms with van der Waals surface area (Å²) >= 11 is 6.15. The molecule has 3 aliphatic heterocycles. The molecule has 154 valence electrons. The number of piperidine rings is 1. The molecule has 1 fully saturated rings. The number of ether oxygens (including phenoxy) is 1. The Kier molecular flexibility index (Phi) is 4.76. The van der Waals surface area contributed by atoms with E-state index in [0.717, 1.165) is 53.9 Å². The highest BCUT2D eigenvalue weighted by atomic mass is 35.5. The zero-order chi connectivity index (χ0) is 20.8. The van der Waals surface area contributed by atoms with E-state index in [4.69, 9.17) is 22.1 Å². The van der Waals surface area contributed by atoms with Crippen molar-refractivity contribution in [3.8, 4) is 0 Å². The van der Waals surface area contributed by atoms with Crippen molar-refractivity contribution >= 4 is 40.4 Å². The average molecular weight is 424 g/mol. The SMILES string of the molecule is NC(=O)C(c1ccc2c(c1)COC2=C1C(=O)Nc2ccc(Cl)cc21)N1CCCCC1. The molecule has 7 heteroatoms. The number of hydrogen-bond donors (Lipinski definition) is 2. The Morgan fingerprint density at radius 2 is 1.90 bits per heavy atom. The fourth-order valence-electron chi connectivity index (χ4n) is 4.66. The number of fused-ring (bicyclic) bond motifs is 2. The van der Waals surface area contributed by atoms with Crippen LogP contribution in [0.3, 0.4) is 0 Å². The molecule has 30 heavy (non-hydrogen) atoms. The van der Waals surface area contributed by atoms with E-state index in [1.807, 2.05) is 18.2 Å². The predicted octanol–water partition coefficient (Wildman–Crippen LogP) is 3.70. The molecule has 3 N–H and O–H groups in total. The monoisotopic (exact) mass is 423 g/mol. The molecule has 3 heterocycles. The first-order valence-corrected chi connectivity index (χ1v) is 10.6. The Balaban J connectivity index is 1.55. The summed E-state index contributed by atoms with van der Waals surface area (Å²) in [5, 5.41) is 3.42. The summed E-state index contributed by atoms with van der Waals surface area (Å²) in [7, 11) is 0. The molecule has 5 rings (SSSR count). The van der Waals surface area contributed by atoms with Gasteiger partial charge in [-0.15, -0.1) is 0 Å². The van der Waals surface area contributed by atoms with Crippen molar-refractivity contribution in [2.45, 2.75) is 31.9 Å². The second-order valence-electron chi connectivity index (χ2n) is 7.95. The summed E-state index contributed by atoms with van der Waals surface area (Å²) in [6.45, 7) is 2.08. The molecular formula is C23H22ClN3O3. The van der Waals surface area contributed by atoms with Gasteiger partial charge in [-0.05, 0) is 55.8 Å². The number of rotatable bonds is 3. The number of carbonyl (C=O) groups is 2. The minimum absolute atomic E-state index is 0.206. The highest BCUT2D eigenvalue weighted by Gasteiger charge is 2.34. The zero-order valence-electron chi connectivity index (χ0n) is 16.4. The molecule has 1 atom stereocenters. The van der Waals surface area contributed by atoms with E-state index >= 15 is 0 Å². The topological polar surface area (TPSA) is 84.7 Å². The molecule has 0 bridgehead atoms. The fraction of sp³-hybridized carbons (Fsp3) is 0.304. The second kappa shape index (κ2) is 7.45. The van der Waals surface area contributed by atoms with Gasteiger partial charge < -0.3 is 15.8 Å². The minimum atomic E-state index is -0.443. The number of benzene rings is 2. The minimum Gasteiger partial charge on any atom is -0.487 e. The van der Waals surface area contributed by atoms with Crippen molar-refractivity contribution in [1.82, 2.24) is 4.90 Å². The lowest BCUT2D eigenvalue weighted by Gasteiger charge is -2.33. The molecule has 0 saturated carbocycles. The number of likely N-dealkylation sites (tertiary alicyclic amines) is 1. The summed E-state index contributed by atoms with van der Waals surface area (Å²) < 4.78 is 5.96. The van der Waals surface area contributed by atoms with Gasteiger partial charge in [-0.2, -0.15) is 0 Å². The van der Waals surface area contributed by atoms with Gasteiger partial charge >= 0.3 is 0 Å². The van der Waals surface area contributed by atoms with E-state index in [2.05, 4.69) is 10.2 Å². The van der Waals surface area contributed by atoms with Crippen LogP contribution in [0.5, 0.6) is 0 Å². The van der Waals surface area contributed by atoms with Crippen LogP contribution in [-0.4, -0.2) is 29.8 Å². The summed E-state index contributed by atoms with van der Waals surface area (Å²) in [6.07, 6.45) is 3.33. The van der Waals surface area contributed by atoms with Crippen molar-refractivity contribution in [2.24, 2.45) is 5.73 Å². The standard InChI is InChI=1S/C23H22ClN3O3/c24-15-5-7-18-17(11-15)19(23(29)26-18)21-16-6-4-13(10-14(16)12-30-21)20(22(25)28)27-8-2-1-3-9-27/h4-7,10-11,20H,1-3,8-9,12H2,(H2,25,28)(H,26,29). The van der Waals surface area contributed by atoms with Gasteiger partial charge in [-0.1, -0.05) is 30.2 Å². The van der Waals surface area contributed by atoms with Crippen LogP contribution in [0.4, 0.5) is 5.69 Å². The highest BCUT2D eigenvalue weighted by molar-refractivity contribution is 6.38. The van der Waals surface area contributed by atoms with Crippen LogP contribution in [0.15, 0.2) is 36.4 Å². The highest BCUT2D eigenvalue weighted by Crippen LogP contribution is 2.43. The molecule has 0 aromatic heterocycles. The fourth-order valence-corrected chi connectivity index (χ4v) is 4.83. The smallest absolute Gasteiger partial charge is 0.260 e. The maximum atomic E-state index is 12.7. The number of halogens is 1. The number of primary amides is 1. The van der Waals surface area contributed by atoms with Crippen molar-refractivity contribution in [3.63, 3.8) is 0 Å². The number of nitrogens with zero attached hydrogens (tertiary/aromatic N) is 1. The Bertz CT molecular complexity index is 1090. The van der Waals surface area contributed by atoms with E-state index in [-0.39, 0.29) is 11.8 Å². The molecule has 1 saturated heterocycles. The summed E-state index contributed by atoms with van der Waals surface area (Å²) in [5.41, 5.74) is 10.4. The van der Waals surface area contributed by atoms with Crippen LogP contribution in [-0.2, 0) is 20.9 Å². The van der Waals surface area contributed by atoms with Crippen LogP contribution in [0, 0.1) is 0 Å². The van der Waals surface area contributed by atoms with E-state index in [1.54, 1.807) is 18.2 Å². The maximum Gasteiger partial charge on any atom is 0.260 e. The van der Waals surface area contributed by atoms with Gasteiger partial charge in [-0.25, -0.2) is 0 Å². The largest absolute Gasteiger partial charge is 0.487 e. The van der Waals surface area contributed by atoms with Gasteiger partial charge in [0.2, 0.25) is 5.91 Å². The van der Waals surface area contributed by atoms with Crippen LogP contribution in [0.1, 0.15) is 47.6 Å². The Labute approximate surface area is 179 Å². The third-order valence-electron chi connectivity index (χ3n) is 6.04. The van der Waals surface area contributed by atoms with Crippen molar-refractivity contribution in [2.75, 3.05) is 18.4 Å². The molecule has 3 aliphatic rings. The van der Waals surface area contributed by atoms with Gasteiger partial charge in [0.15, 0.2) is 0 Å². The quantitative estimate of drug-likeness (QED) is 0.737. The molecule has 1 unspecified atom stereocenters. The predicted molar refractivity (Wildman–Crippen MR) is 115 cm³/mol. The first-order chi connectivity index (χ1) is 14.5. The number of hydrogen-bond acceptors (Lipinski definition) is 4. The lowest BCUT2D eigenvalue weighted by atomic mass is 9.95. The molecular weight excluding hydrogens is 402 g/mol. The average Bonchev–Trinajstić information content (AvgIpc) is 3.27. The van der Waals surface area contributed by atoms with E-state index in [0.29, 0.717) is 23.0 Å². The van der Waals surface area contributed by atoms with Gasteiger partial charge in [0.25, 0.3) is 5.91 Å². The summed E-state index contributed by atoms with van der Waals surface area (Å²) in [4.78, 5) is 27.1. The van der Waals surface area contributed by atoms with Crippen molar-refractivity contribution < 1.29 is 14.3 Å². The van der Waals surface area contributed by atoms with Gasteiger partial charge in [-0.3, -0.25) is 14.5 Å². The van der Waals surface area contributed by atoms with E-state index < -0.39 is 6.04 Å². The Morgan fingerprint density at radius 1 is 1.10 bits per heavy atom. The van der Waals surface area contributed by atoms with E-state index in [1.165, 1.54) is 6.42 Å². The van der Waals surface area contributed by atoms with Crippen LogP contribution in [0.2, 0.25) is 5.02 Å². The van der Waals surface area contributed by atoms with Gasteiger partial charge in [0.05, 0.1) is 5.57 Å². The van der Waals surface area contributed by atoms with Crippen molar-refractivity contribution in [3.05, 3.63) is 63.7 Å². The first-order valence-electron chi connectivity index (χ1n) is 10.2. The van der Waals surface area contributed by atoms with Crippen LogP contribution < -0.4 is 11.1 Å². The first kappa shape index (κ1) is 19.2. The molecule has 0 aliphatic carbocycles. The molecule has 2 amide bonds. The molecule has 0 radical (unpaired) electrons. The van der Waals surface area contributed by atoms with Gasteiger partial charge in [0.1, 0.15) is 18.4 Å². The zero-order valence-corrected chi connectivity index (χ0v) is 17.2. The second-order valence-corrected chi connectivity index (χ2v) is 8.39.